The van der Waals surface area contributed by atoms with Crippen molar-refractivity contribution in [2.24, 2.45) is 0 Å². The first-order chi connectivity index (χ1) is 20.1. The Kier molecular flexibility index (Phi) is 30.2. The number of carbonyl (C=O) groups is 2. The summed E-state index contributed by atoms with van der Waals surface area (Å²) in [5.74, 6) is 5.70. The summed E-state index contributed by atoms with van der Waals surface area (Å²) in [4.78, 5) is 24.9. The van der Waals surface area contributed by atoms with Gasteiger partial charge >= 0.3 is 5.97 Å². The Morgan fingerprint density at radius 3 is 1.49 bits per heavy atom. The van der Waals surface area contributed by atoms with E-state index in [1.54, 1.807) is 6.92 Å². The maximum Gasteiger partial charge on any atom is 0.331 e. The molecule has 0 rings (SSSR count). The van der Waals surface area contributed by atoms with E-state index in [1.807, 2.05) is 0 Å². The summed E-state index contributed by atoms with van der Waals surface area (Å²) in [5.41, 5.74) is 0. The predicted molar refractivity (Wildman–Crippen MR) is 174 cm³/mol. The minimum absolute atomic E-state index is 0.185. The molecule has 1 amide bonds. The van der Waals surface area contributed by atoms with Crippen molar-refractivity contribution >= 4 is 11.9 Å². The smallest absolute Gasteiger partial charge is 0.331 e. The number of amides is 1. The number of aliphatic hydroxyl groups excluding tert-OH is 1. The van der Waals surface area contributed by atoms with E-state index in [2.05, 4.69) is 31.0 Å². The average Bonchev–Trinajstić information content (AvgIpc) is 2.96. The normalized spacial score (nSPS) is 12.4. The summed E-state index contributed by atoms with van der Waals surface area (Å²) in [6, 6.07) is -1.00. The summed E-state index contributed by atoms with van der Waals surface area (Å²) in [7, 11) is 0. The lowest BCUT2D eigenvalue weighted by Gasteiger charge is -2.22. The van der Waals surface area contributed by atoms with Gasteiger partial charge < -0.3 is 15.2 Å². The molecule has 41 heavy (non-hydrogen) atoms. The second-order valence-corrected chi connectivity index (χ2v) is 11.8. The van der Waals surface area contributed by atoms with E-state index in [0.29, 0.717) is 25.7 Å². The number of aliphatic hydroxyl groups is 1. The van der Waals surface area contributed by atoms with Crippen LogP contribution in [0.2, 0.25) is 0 Å². The van der Waals surface area contributed by atoms with E-state index in [0.717, 1.165) is 32.1 Å². The molecule has 240 valence electrons. The van der Waals surface area contributed by atoms with Crippen molar-refractivity contribution in [2.45, 2.75) is 200 Å². The molecule has 0 aliphatic rings. The number of hydrogen-bond acceptors (Lipinski definition) is 4. The number of carbonyl (C=O) groups excluding carboxylic acids is 2. The summed E-state index contributed by atoms with van der Waals surface area (Å²) in [6.45, 7) is 6.47. The molecule has 0 bridgehead atoms. The molecule has 5 heteroatoms. The summed E-state index contributed by atoms with van der Waals surface area (Å²) >= 11 is 0. The van der Waals surface area contributed by atoms with Gasteiger partial charge in [-0.3, -0.25) is 4.79 Å². The lowest BCUT2D eigenvalue weighted by molar-refractivity contribution is -0.151. The molecule has 0 aromatic heterocycles. The summed E-state index contributed by atoms with van der Waals surface area (Å²) in [6.07, 6.45) is 28.9. The molecule has 5 nitrogen and oxygen atoms in total. The minimum Gasteiger partial charge on any atom is -0.464 e. The van der Waals surface area contributed by atoms with Crippen molar-refractivity contribution in [3.05, 3.63) is 0 Å². The van der Waals surface area contributed by atoms with Crippen LogP contribution in [0.5, 0.6) is 0 Å². The summed E-state index contributed by atoms with van der Waals surface area (Å²) in [5, 5.41) is 13.4. The van der Waals surface area contributed by atoms with Gasteiger partial charge in [0.15, 0.2) is 6.04 Å². The first-order valence-corrected chi connectivity index (χ1v) is 17.7. The second kappa shape index (κ2) is 31.4. The van der Waals surface area contributed by atoms with E-state index < -0.39 is 18.1 Å². The van der Waals surface area contributed by atoms with E-state index in [1.165, 1.54) is 109 Å². The molecule has 0 aromatic carbocycles. The molecule has 0 aliphatic heterocycles. The number of rotatable bonds is 29. The van der Waals surface area contributed by atoms with Crippen molar-refractivity contribution in [1.29, 1.82) is 0 Å². The zero-order valence-corrected chi connectivity index (χ0v) is 27.4. The van der Waals surface area contributed by atoms with Gasteiger partial charge in [-0.05, 0) is 32.6 Å². The summed E-state index contributed by atoms with van der Waals surface area (Å²) < 4.78 is 5.13. The number of hydrogen-bond donors (Lipinski definition) is 2. The first kappa shape index (κ1) is 39.5. The van der Waals surface area contributed by atoms with Crippen molar-refractivity contribution in [1.82, 2.24) is 5.32 Å². The number of ether oxygens (including phenoxy) is 1. The van der Waals surface area contributed by atoms with Gasteiger partial charge in [0, 0.05) is 19.3 Å². The lowest BCUT2D eigenvalue weighted by atomic mass is 10.0. The third-order valence-corrected chi connectivity index (χ3v) is 7.83. The van der Waals surface area contributed by atoms with Crippen LogP contribution < -0.4 is 5.32 Å². The van der Waals surface area contributed by atoms with E-state index in [-0.39, 0.29) is 12.5 Å². The molecule has 0 spiro atoms. The number of esters is 1. The van der Waals surface area contributed by atoms with Gasteiger partial charge in [-0.25, -0.2) is 4.79 Å². The number of unbranched alkanes of at least 4 members (excludes halogenated alkanes) is 21. The van der Waals surface area contributed by atoms with Gasteiger partial charge in [0.05, 0.1) is 12.7 Å². The van der Waals surface area contributed by atoms with E-state index in [9.17, 15) is 14.7 Å². The Labute approximate surface area is 254 Å². The van der Waals surface area contributed by atoms with Crippen molar-refractivity contribution in [2.75, 3.05) is 6.61 Å². The quantitative estimate of drug-likeness (QED) is 0.0527. The third kappa shape index (κ3) is 27.1. The Morgan fingerprint density at radius 1 is 0.610 bits per heavy atom. The maximum absolute atomic E-state index is 12.5. The maximum atomic E-state index is 12.5. The standard InChI is InChI=1S/C36H67NO4/c1-4-7-9-11-13-15-17-19-21-23-25-27-29-31-33(38)35(36(40)41-6-3)37-34(39)32-30-28-26-24-22-20-18-16-14-12-10-8-5-2/h33,35,38H,4-22,24,26-32H2,1-3H3,(H,37,39)/t33-,35-/m1/s1. The zero-order chi connectivity index (χ0) is 30.2. The Hall–Kier alpha value is -1.54. The van der Waals surface area contributed by atoms with Crippen LogP contribution in [-0.4, -0.2) is 35.7 Å². The fourth-order valence-corrected chi connectivity index (χ4v) is 5.18. The highest BCUT2D eigenvalue weighted by atomic mass is 16.5. The molecule has 2 atom stereocenters. The van der Waals surface area contributed by atoms with Gasteiger partial charge in [0.25, 0.3) is 0 Å². The minimum atomic E-state index is -1.00. The largest absolute Gasteiger partial charge is 0.464 e. The molecule has 0 aliphatic carbocycles. The molecule has 2 N–H and O–H groups in total. The number of nitrogens with one attached hydrogen (secondary N) is 1. The predicted octanol–water partition coefficient (Wildman–Crippen LogP) is 9.58. The topological polar surface area (TPSA) is 75.6 Å². The van der Waals surface area contributed by atoms with Crippen molar-refractivity contribution in [3.8, 4) is 11.8 Å². The van der Waals surface area contributed by atoms with Crippen molar-refractivity contribution < 1.29 is 19.4 Å². The van der Waals surface area contributed by atoms with Gasteiger partial charge in [0.1, 0.15) is 0 Å². The zero-order valence-electron chi connectivity index (χ0n) is 27.4. The second-order valence-electron chi connectivity index (χ2n) is 11.8. The molecule has 0 heterocycles. The van der Waals surface area contributed by atoms with Gasteiger partial charge in [0.2, 0.25) is 5.91 Å². The SMILES string of the molecule is CCCCCCCCCCC#CCCC[C@@H](O)[C@@H](NC(=O)CCCCCCCCCCCCCCC)C(=O)OCC. The Morgan fingerprint density at radius 2 is 1.02 bits per heavy atom. The monoisotopic (exact) mass is 578 g/mol. The molecule has 0 saturated heterocycles. The Balaban J connectivity index is 4.01. The third-order valence-electron chi connectivity index (χ3n) is 7.83. The molecule has 0 radical (unpaired) electrons. The van der Waals surface area contributed by atoms with Crippen LogP contribution in [-0.2, 0) is 14.3 Å². The average molecular weight is 578 g/mol. The molecular weight excluding hydrogens is 510 g/mol. The van der Waals surface area contributed by atoms with Gasteiger partial charge in [-0.2, -0.15) is 0 Å². The van der Waals surface area contributed by atoms with E-state index in [4.69, 9.17) is 4.74 Å². The van der Waals surface area contributed by atoms with Crippen LogP contribution in [0.4, 0.5) is 0 Å². The van der Waals surface area contributed by atoms with Crippen LogP contribution in [0, 0.1) is 11.8 Å². The molecule has 0 aromatic rings. The molecule has 0 unspecified atom stereocenters. The lowest BCUT2D eigenvalue weighted by Crippen LogP contribution is -2.49. The van der Waals surface area contributed by atoms with Crippen LogP contribution >= 0.6 is 0 Å². The van der Waals surface area contributed by atoms with E-state index >= 15 is 0 Å². The van der Waals surface area contributed by atoms with Crippen LogP contribution in [0.1, 0.15) is 188 Å². The fourth-order valence-electron chi connectivity index (χ4n) is 5.18. The molecule has 0 saturated carbocycles. The van der Waals surface area contributed by atoms with Gasteiger partial charge in [-0.15, -0.1) is 11.8 Å². The van der Waals surface area contributed by atoms with Crippen LogP contribution in [0.3, 0.4) is 0 Å². The highest BCUT2D eigenvalue weighted by Crippen LogP contribution is 2.14. The van der Waals surface area contributed by atoms with Crippen LogP contribution in [0.15, 0.2) is 0 Å². The first-order valence-electron chi connectivity index (χ1n) is 17.7. The highest BCUT2D eigenvalue weighted by molar-refractivity contribution is 5.84. The molecule has 0 fully saturated rings. The van der Waals surface area contributed by atoms with Crippen molar-refractivity contribution in [3.63, 3.8) is 0 Å². The van der Waals surface area contributed by atoms with Crippen LogP contribution in [0.25, 0.3) is 0 Å². The van der Waals surface area contributed by atoms with Gasteiger partial charge in [-0.1, -0.05) is 136 Å². The highest BCUT2D eigenvalue weighted by Gasteiger charge is 2.29. The Bertz CT molecular complexity index is 654. The molecular formula is C36H67NO4. The fraction of sp³-hybridized carbons (Fsp3) is 0.889.